The van der Waals surface area contributed by atoms with Gasteiger partial charge in [0.1, 0.15) is 6.04 Å². The first kappa shape index (κ1) is 16.4. The van der Waals surface area contributed by atoms with E-state index in [-0.39, 0.29) is 6.54 Å². The van der Waals surface area contributed by atoms with Crippen molar-refractivity contribution in [1.82, 2.24) is 8.61 Å². The first-order valence-corrected chi connectivity index (χ1v) is 9.42. The Morgan fingerprint density at radius 2 is 1.96 bits per heavy atom. The SMILES string of the molecule is C[C@H]1CCCN(S(=O)(=O)N2Cc3ccccc3C[C@H]2C(N)=O)C1. The molecular weight excluding hydrogens is 314 g/mol. The lowest BCUT2D eigenvalue weighted by Crippen LogP contribution is -2.56. The summed E-state index contributed by atoms with van der Waals surface area (Å²) >= 11 is 0. The number of piperidine rings is 1. The van der Waals surface area contributed by atoms with Crippen LogP contribution in [-0.4, -0.2) is 42.1 Å². The molecule has 2 aliphatic rings. The predicted octanol–water partition coefficient (Wildman–Crippen LogP) is 0.875. The number of rotatable bonds is 3. The van der Waals surface area contributed by atoms with Crippen LogP contribution in [-0.2, 0) is 28.0 Å². The zero-order chi connectivity index (χ0) is 16.6. The summed E-state index contributed by atoms with van der Waals surface area (Å²) in [5.41, 5.74) is 7.44. The fourth-order valence-electron chi connectivity index (χ4n) is 3.49. The maximum atomic E-state index is 13.1. The fraction of sp³-hybridized carbons (Fsp3) is 0.562. The molecule has 1 fully saturated rings. The first-order chi connectivity index (χ1) is 10.9. The molecule has 2 aliphatic heterocycles. The molecule has 1 aromatic rings. The van der Waals surface area contributed by atoms with E-state index in [9.17, 15) is 13.2 Å². The molecule has 1 saturated heterocycles. The fourth-order valence-corrected chi connectivity index (χ4v) is 5.39. The molecule has 6 nitrogen and oxygen atoms in total. The summed E-state index contributed by atoms with van der Waals surface area (Å²) < 4.78 is 28.9. The number of primary amides is 1. The van der Waals surface area contributed by atoms with Crippen molar-refractivity contribution >= 4 is 16.1 Å². The van der Waals surface area contributed by atoms with Crippen molar-refractivity contribution in [3.63, 3.8) is 0 Å². The number of hydrogen-bond donors (Lipinski definition) is 1. The molecule has 3 rings (SSSR count). The molecule has 0 saturated carbocycles. The van der Waals surface area contributed by atoms with E-state index in [0.717, 1.165) is 24.0 Å². The lowest BCUT2D eigenvalue weighted by molar-refractivity contribution is -0.122. The highest BCUT2D eigenvalue weighted by molar-refractivity contribution is 7.86. The lowest BCUT2D eigenvalue weighted by atomic mass is 9.96. The molecule has 2 atom stereocenters. The van der Waals surface area contributed by atoms with Gasteiger partial charge >= 0.3 is 0 Å². The van der Waals surface area contributed by atoms with Crippen molar-refractivity contribution in [3.05, 3.63) is 35.4 Å². The van der Waals surface area contributed by atoms with Gasteiger partial charge < -0.3 is 5.73 Å². The van der Waals surface area contributed by atoms with Gasteiger partial charge in [-0.1, -0.05) is 31.2 Å². The second-order valence-corrected chi connectivity index (χ2v) is 8.43. The minimum atomic E-state index is -3.69. The molecule has 1 aromatic carbocycles. The summed E-state index contributed by atoms with van der Waals surface area (Å²) in [7, 11) is -3.69. The molecular formula is C16H23N3O3S. The number of carbonyl (C=O) groups is 1. The summed E-state index contributed by atoms with van der Waals surface area (Å²) in [6, 6.07) is 6.81. The van der Waals surface area contributed by atoms with Gasteiger partial charge in [-0.2, -0.15) is 17.0 Å². The third-order valence-electron chi connectivity index (χ3n) is 4.78. The highest BCUT2D eigenvalue weighted by Gasteiger charge is 2.41. The standard InChI is InChI=1S/C16H23N3O3S/c1-12-5-4-8-18(10-12)23(21,22)19-11-14-7-3-2-6-13(14)9-15(19)16(17)20/h2-3,6-7,12,15H,4-5,8-11H2,1H3,(H2,17,20)/t12-,15-/m0/s1. The van der Waals surface area contributed by atoms with Gasteiger partial charge in [0.25, 0.3) is 10.2 Å². The second kappa shape index (κ2) is 6.22. The molecule has 0 aliphatic carbocycles. The topological polar surface area (TPSA) is 83.7 Å². The Morgan fingerprint density at radius 3 is 2.61 bits per heavy atom. The van der Waals surface area contributed by atoms with E-state index >= 15 is 0 Å². The maximum absolute atomic E-state index is 13.1. The van der Waals surface area contributed by atoms with Crippen LogP contribution in [0.3, 0.4) is 0 Å². The van der Waals surface area contributed by atoms with Crippen molar-refractivity contribution < 1.29 is 13.2 Å². The predicted molar refractivity (Wildman–Crippen MR) is 87.6 cm³/mol. The smallest absolute Gasteiger partial charge is 0.283 e. The summed E-state index contributed by atoms with van der Waals surface area (Å²) in [6.07, 6.45) is 2.23. The van der Waals surface area contributed by atoms with E-state index in [0.29, 0.717) is 25.4 Å². The highest BCUT2D eigenvalue weighted by atomic mass is 32.2. The molecule has 0 unspecified atom stereocenters. The van der Waals surface area contributed by atoms with Crippen LogP contribution in [0.4, 0.5) is 0 Å². The Balaban J connectivity index is 1.94. The van der Waals surface area contributed by atoms with Crippen molar-refractivity contribution in [2.45, 2.75) is 38.8 Å². The molecule has 0 spiro atoms. The molecule has 0 aromatic heterocycles. The number of hydrogen-bond acceptors (Lipinski definition) is 3. The summed E-state index contributed by atoms with van der Waals surface area (Å²) in [5, 5.41) is 0. The van der Waals surface area contributed by atoms with Crippen LogP contribution >= 0.6 is 0 Å². The number of carbonyl (C=O) groups excluding carboxylic acids is 1. The molecule has 23 heavy (non-hydrogen) atoms. The van der Waals surface area contributed by atoms with Gasteiger partial charge in [0.15, 0.2) is 0 Å². The van der Waals surface area contributed by atoms with Crippen LogP contribution in [0.15, 0.2) is 24.3 Å². The Bertz CT molecular complexity index is 704. The van der Waals surface area contributed by atoms with Gasteiger partial charge in [0.2, 0.25) is 5.91 Å². The van der Waals surface area contributed by atoms with Gasteiger partial charge in [-0.25, -0.2) is 0 Å². The summed E-state index contributed by atoms with van der Waals surface area (Å²) in [6.45, 7) is 3.28. The molecule has 126 valence electrons. The van der Waals surface area contributed by atoms with Crippen LogP contribution in [0, 0.1) is 5.92 Å². The van der Waals surface area contributed by atoms with E-state index in [2.05, 4.69) is 6.92 Å². The normalized spacial score (nSPS) is 26.7. The van der Waals surface area contributed by atoms with E-state index in [1.807, 2.05) is 24.3 Å². The van der Waals surface area contributed by atoms with Crippen molar-refractivity contribution in [2.75, 3.05) is 13.1 Å². The van der Waals surface area contributed by atoms with Crippen LogP contribution in [0.2, 0.25) is 0 Å². The van der Waals surface area contributed by atoms with Crippen molar-refractivity contribution in [1.29, 1.82) is 0 Å². The highest BCUT2D eigenvalue weighted by Crippen LogP contribution is 2.29. The van der Waals surface area contributed by atoms with Crippen LogP contribution < -0.4 is 5.73 Å². The van der Waals surface area contributed by atoms with Gasteiger partial charge in [-0.3, -0.25) is 4.79 Å². The van der Waals surface area contributed by atoms with Crippen molar-refractivity contribution in [2.24, 2.45) is 11.7 Å². The van der Waals surface area contributed by atoms with Crippen LogP contribution in [0.25, 0.3) is 0 Å². The average Bonchev–Trinajstić information content (AvgIpc) is 2.53. The molecule has 0 bridgehead atoms. The number of nitrogens with zero attached hydrogens (tertiary/aromatic N) is 2. The van der Waals surface area contributed by atoms with Crippen LogP contribution in [0.1, 0.15) is 30.9 Å². The Hall–Kier alpha value is -1.44. The number of nitrogens with two attached hydrogens (primary N) is 1. The van der Waals surface area contributed by atoms with E-state index in [1.165, 1.54) is 8.61 Å². The molecule has 2 N–H and O–H groups in total. The number of amides is 1. The quantitative estimate of drug-likeness (QED) is 0.888. The maximum Gasteiger partial charge on any atom is 0.283 e. The summed E-state index contributed by atoms with van der Waals surface area (Å²) in [4.78, 5) is 11.9. The average molecular weight is 337 g/mol. The van der Waals surface area contributed by atoms with Crippen LogP contribution in [0.5, 0.6) is 0 Å². The van der Waals surface area contributed by atoms with Gasteiger partial charge in [-0.15, -0.1) is 0 Å². The third-order valence-corrected chi connectivity index (χ3v) is 6.74. The Kier molecular flexibility index (Phi) is 4.44. The third kappa shape index (κ3) is 3.13. The largest absolute Gasteiger partial charge is 0.368 e. The second-order valence-electron chi connectivity index (χ2n) is 6.55. The lowest BCUT2D eigenvalue weighted by Gasteiger charge is -2.39. The monoisotopic (exact) mass is 337 g/mol. The zero-order valence-electron chi connectivity index (χ0n) is 13.3. The number of benzene rings is 1. The van der Waals surface area contributed by atoms with E-state index < -0.39 is 22.2 Å². The first-order valence-electron chi connectivity index (χ1n) is 8.02. The Morgan fingerprint density at radius 1 is 1.26 bits per heavy atom. The molecule has 2 heterocycles. The van der Waals surface area contributed by atoms with Crippen molar-refractivity contribution in [3.8, 4) is 0 Å². The summed E-state index contributed by atoms with van der Waals surface area (Å²) in [5.74, 6) is -0.254. The minimum Gasteiger partial charge on any atom is -0.368 e. The molecule has 7 heteroatoms. The molecule has 0 radical (unpaired) electrons. The van der Waals surface area contributed by atoms with Gasteiger partial charge in [0, 0.05) is 19.6 Å². The van der Waals surface area contributed by atoms with Gasteiger partial charge in [0.05, 0.1) is 0 Å². The molecule has 1 amide bonds. The van der Waals surface area contributed by atoms with Gasteiger partial charge in [-0.05, 0) is 36.3 Å². The number of fused-ring (bicyclic) bond motifs is 1. The van der Waals surface area contributed by atoms with E-state index in [1.54, 1.807) is 0 Å². The van der Waals surface area contributed by atoms with E-state index in [4.69, 9.17) is 5.73 Å². The Labute approximate surface area is 137 Å². The zero-order valence-corrected chi connectivity index (χ0v) is 14.1. The minimum absolute atomic E-state index is 0.205.